The zero-order valence-corrected chi connectivity index (χ0v) is 8.91. The molecule has 1 aromatic rings. The molecule has 0 amide bonds. The first-order valence-corrected chi connectivity index (χ1v) is 4.84. The lowest BCUT2D eigenvalue weighted by Crippen LogP contribution is -2.19. The van der Waals surface area contributed by atoms with Crippen LogP contribution in [-0.4, -0.2) is 36.1 Å². The van der Waals surface area contributed by atoms with Gasteiger partial charge in [0.1, 0.15) is 19.0 Å². The van der Waals surface area contributed by atoms with E-state index in [4.69, 9.17) is 9.84 Å². The summed E-state index contributed by atoms with van der Waals surface area (Å²) in [6.07, 6.45) is -2.93. The summed E-state index contributed by atoms with van der Waals surface area (Å²) in [7, 11) is 0. The Balaban J connectivity index is 2.18. The van der Waals surface area contributed by atoms with E-state index in [-0.39, 0.29) is 19.8 Å². The van der Waals surface area contributed by atoms with Gasteiger partial charge >= 0.3 is 6.18 Å². The summed E-state index contributed by atoms with van der Waals surface area (Å²) < 4.78 is 44.5. The third-order valence-corrected chi connectivity index (χ3v) is 1.72. The van der Waals surface area contributed by atoms with Crippen LogP contribution in [0.5, 0.6) is 5.75 Å². The lowest BCUT2D eigenvalue weighted by molar-refractivity contribution is -0.175. The van der Waals surface area contributed by atoms with Gasteiger partial charge in [-0.2, -0.15) is 13.2 Å². The van der Waals surface area contributed by atoms with Gasteiger partial charge in [0.2, 0.25) is 0 Å². The number of aliphatic hydroxyl groups excluding tert-OH is 1. The van der Waals surface area contributed by atoms with Gasteiger partial charge in [-0.05, 0) is 12.1 Å². The van der Waals surface area contributed by atoms with Crippen molar-refractivity contribution < 1.29 is 27.8 Å². The Labute approximate surface area is 96.0 Å². The van der Waals surface area contributed by atoms with E-state index in [0.717, 1.165) is 0 Å². The largest absolute Gasteiger partial charge is 0.490 e. The first-order valence-electron chi connectivity index (χ1n) is 4.84. The second-order valence-corrected chi connectivity index (χ2v) is 3.16. The highest BCUT2D eigenvalue weighted by Gasteiger charge is 2.27. The Morgan fingerprint density at radius 1 is 1.24 bits per heavy atom. The smallest absolute Gasteiger partial charge is 0.411 e. The molecule has 1 aromatic heterocycles. The van der Waals surface area contributed by atoms with E-state index in [1.165, 1.54) is 6.20 Å². The maximum absolute atomic E-state index is 11.7. The lowest BCUT2D eigenvalue weighted by atomic mass is 10.3. The van der Waals surface area contributed by atoms with Crippen LogP contribution in [0.15, 0.2) is 18.3 Å². The number of hydrogen-bond acceptors (Lipinski definition) is 4. The first kappa shape index (κ1) is 13.7. The number of pyridine rings is 1. The zero-order chi connectivity index (χ0) is 12.7. The Hall–Kier alpha value is -1.34. The maximum Gasteiger partial charge on any atom is 0.411 e. The fraction of sp³-hybridized carbons (Fsp3) is 0.500. The van der Waals surface area contributed by atoms with Crippen molar-refractivity contribution in [2.45, 2.75) is 12.8 Å². The van der Waals surface area contributed by atoms with Gasteiger partial charge in [0.25, 0.3) is 0 Å². The van der Waals surface area contributed by atoms with E-state index >= 15 is 0 Å². The quantitative estimate of drug-likeness (QED) is 0.779. The molecule has 0 aliphatic carbocycles. The molecule has 0 radical (unpaired) electrons. The highest BCUT2D eigenvalue weighted by atomic mass is 19.4. The van der Waals surface area contributed by atoms with Crippen LogP contribution in [-0.2, 0) is 11.3 Å². The summed E-state index contributed by atoms with van der Waals surface area (Å²) in [6, 6.07) is 3.13. The third kappa shape index (κ3) is 6.08. The van der Waals surface area contributed by atoms with E-state index in [1.54, 1.807) is 12.1 Å². The summed E-state index contributed by atoms with van der Waals surface area (Å²) in [4.78, 5) is 3.84. The topological polar surface area (TPSA) is 51.6 Å². The standard InChI is InChI=1S/C10H12F3NO3/c11-10(12,13)7-16-3-4-17-9-2-1-8(6-15)14-5-9/h1-2,5,15H,3-4,6-7H2. The molecule has 4 nitrogen and oxygen atoms in total. The van der Waals surface area contributed by atoms with Crippen molar-refractivity contribution >= 4 is 0 Å². The molecule has 1 rings (SSSR count). The molecule has 0 aromatic carbocycles. The van der Waals surface area contributed by atoms with Gasteiger partial charge in [-0.25, -0.2) is 0 Å². The predicted octanol–water partition coefficient (Wildman–Crippen LogP) is 1.53. The van der Waals surface area contributed by atoms with Crippen LogP contribution in [0.3, 0.4) is 0 Å². The minimum atomic E-state index is -4.32. The van der Waals surface area contributed by atoms with Crippen molar-refractivity contribution in [1.29, 1.82) is 0 Å². The Kier molecular flexibility index (Phi) is 5.17. The number of hydrogen-bond donors (Lipinski definition) is 1. The predicted molar refractivity (Wildman–Crippen MR) is 52.5 cm³/mol. The van der Waals surface area contributed by atoms with Crippen LogP contribution in [0.1, 0.15) is 5.69 Å². The summed E-state index contributed by atoms with van der Waals surface area (Å²) in [6.45, 7) is -1.59. The van der Waals surface area contributed by atoms with Crippen molar-refractivity contribution in [3.05, 3.63) is 24.0 Å². The van der Waals surface area contributed by atoms with Gasteiger partial charge in [0.05, 0.1) is 25.1 Å². The van der Waals surface area contributed by atoms with E-state index in [9.17, 15) is 13.2 Å². The van der Waals surface area contributed by atoms with Crippen molar-refractivity contribution in [2.75, 3.05) is 19.8 Å². The van der Waals surface area contributed by atoms with Gasteiger partial charge in [-0.1, -0.05) is 0 Å². The molecule has 0 bridgehead atoms. The molecule has 0 unspecified atom stereocenters. The van der Waals surface area contributed by atoms with Crippen molar-refractivity contribution in [3.63, 3.8) is 0 Å². The minimum absolute atomic E-state index is 0.0102. The van der Waals surface area contributed by atoms with Crippen molar-refractivity contribution in [2.24, 2.45) is 0 Å². The molecule has 0 saturated heterocycles. The number of rotatable bonds is 6. The number of aromatic nitrogens is 1. The van der Waals surface area contributed by atoms with Gasteiger partial charge in [-0.3, -0.25) is 4.98 Å². The fourth-order valence-corrected chi connectivity index (χ4v) is 0.996. The van der Waals surface area contributed by atoms with E-state index in [2.05, 4.69) is 9.72 Å². The number of ether oxygens (including phenoxy) is 2. The molecule has 0 saturated carbocycles. The van der Waals surface area contributed by atoms with Crippen LogP contribution in [0.2, 0.25) is 0 Å². The highest BCUT2D eigenvalue weighted by molar-refractivity contribution is 5.19. The van der Waals surface area contributed by atoms with Gasteiger partial charge in [-0.15, -0.1) is 0 Å². The SMILES string of the molecule is OCc1ccc(OCCOCC(F)(F)F)cn1. The van der Waals surface area contributed by atoms with Crippen molar-refractivity contribution in [3.8, 4) is 5.75 Å². The van der Waals surface area contributed by atoms with Crippen LogP contribution >= 0.6 is 0 Å². The van der Waals surface area contributed by atoms with Crippen LogP contribution < -0.4 is 4.74 Å². The van der Waals surface area contributed by atoms with Crippen LogP contribution in [0, 0.1) is 0 Å². The molecule has 96 valence electrons. The molecular formula is C10H12F3NO3. The Morgan fingerprint density at radius 2 is 2.00 bits per heavy atom. The van der Waals surface area contributed by atoms with E-state index < -0.39 is 12.8 Å². The number of alkyl halides is 3. The fourth-order valence-electron chi connectivity index (χ4n) is 0.996. The average Bonchev–Trinajstić information content (AvgIpc) is 2.28. The number of aliphatic hydroxyl groups is 1. The minimum Gasteiger partial charge on any atom is -0.490 e. The molecule has 0 aliphatic heterocycles. The van der Waals surface area contributed by atoms with Crippen LogP contribution in [0.25, 0.3) is 0 Å². The second kappa shape index (κ2) is 6.41. The number of halogens is 3. The molecule has 0 fully saturated rings. The molecular weight excluding hydrogens is 239 g/mol. The highest BCUT2D eigenvalue weighted by Crippen LogP contribution is 2.14. The average molecular weight is 251 g/mol. The normalized spacial score (nSPS) is 11.5. The van der Waals surface area contributed by atoms with Gasteiger partial charge in [0.15, 0.2) is 0 Å². The number of nitrogens with zero attached hydrogens (tertiary/aromatic N) is 1. The van der Waals surface area contributed by atoms with Crippen LogP contribution in [0.4, 0.5) is 13.2 Å². The van der Waals surface area contributed by atoms with Gasteiger partial charge < -0.3 is 14.6 Å². The Morgan fingerprint density at radius 3 is 2.53 bits per heavy atom. The molecule has 1 N–H and O–H groups in total. The van der Waals surface area contributed by atoms with E-state index in [1.807, 2.05) is 0 Å². The summed E-state index contributed by atoms with van der Waals surface area (Å²) >= 11 is 0. The third-order valence-electron chi connectivity index (χ3n) is 1.72. The summed E-state index contributed by atoms with van der Waals surface area (Å²) in [5.41, 5.74) is 0.491. The summed E-state index contributed by atoms with van der Waals surface area (Å²) in [5.74, 6) is 0.415. The second-order valence-electron chi connectivity index (χ2n) is 3.16. The first-order chi connectivity index (χ1) is 8.01. The van der Waals surface area contributed by atoms with E-state index in [0.29, 0.717) is 11.4 Å². The lowest BCUT2D eigenvalue weighted by Gasteiger charge is -2.08. The monoisotopic (exact) mass is 251 g/mol. The molecule has 0 atom stereocenters. The molecule has 1 heterocycles. The molecule has 7 heteroatoms. The Bertz CT molecular complexity index is 327. The maximum atomic E-state index is 11.7. The van der Waals surface area contributed by atoms with Crippen molar-refractivity contribution in [1.82, 2.24) is 4.98 Å². The summed E-state index contributed by atoms with van der Waals surface area (Å²) in [5, 5.41) is 8.72. The molecule has 17 heavy (non-hydrogen) atoms. The molecule has 0 aliphatic rings. The van der Waals surface area contributed by atoms with Gasteiger partial charge in [0, 0.05) is 0 Å². The zero-order valence-electron chi connectivity index (χ0n) is 8.91. The molecule has 0 spiro atoms.